The van der Waals surface area contributed by atoms with Crippen LogP contribution in [0.25, 0.3) is 0 Å². The quantitative estimate of drug-likeness (QED) is 0.696. The number of imide groups is 1. The molecule has 0 aliphatic carbocycles. The van der Waals surface area contributed by atoms with Crippen LogP contribution in [0.3, 0.4) is 0 Å². The summed E-state index contributed by atoms with van der Waals surface area (Å²) in [5.74, 6) is 0.178. The van der Waals surface area contributed by atoms with Gasteiger partial charge in [-0.05, 0) is 13.8 Å². The number of likely N-dealkylation sites (N-methyl/N-ethyl adjacent to an activating group) is 1. The molecule has 1 unspecified atom stereocenters. The molecule has 1 aromatic rings. The first-order valence-corrected chi connectivity index (χ1v) is 6.79. The van der Waals surface area contributed by atoms with Gasteiger partial charge in [0.05, 0.1) is 6.42 Å². The molecule has 1 aromatic heterocycles. The van der Waals surface area contributed by atoms with Crippen LogP contribution in [-0.4, -0.2) is 57.8 Å². The number of anilines is 3. The topological polar surface area (TPSA) is 117 Å². The number of nitrogens with zero attached hydrogens (tertiary/aromatic N) is 5. The second-order valence-electron chi connectivity index (χ2n) is 4.68. The lowest BCUT2D eigenvalue weighted by Crippen LogP contribution is -2.33. The minimum absolute atomic E-state index is 0.0690. The van der Waals surface area contributed by atoms with Crippen molar-refractivity contribution in [2.75, 3.05) is 36.1 Å². The second-order valence-corrected chi connectivity index (χ2v) is 4.68. The maximum absolute atomic E-state index is 11.9. The number of carbonyl (C=O) groups excluding carboxylic acids is 2. The van der Waals surface area contributed by atoms with Gasteiger partial charge in [-0.3, -0.25) is 14.5 Å². The summed E-state index contributed by atoms with van der Waals surface area (Å²) in [6.45, 7) is 5.40. The number of likely N-dealkylation sites (tertiary alicyclic amines) is 1. The van der Waals surface area contributed by atoms with Gasteiger partial charge >= 0.3 is 0 Å². The lowest BCUT2D eigenvalue weighted by molar-refractivity contribution is -0.136. The maximum atomic E-state index is 11.9. The zero-order valence-electron chi connectivity index (χ0n) is 12.3. The fraction of sp³-hybridized carbons (Fsp3) is 0.583. The van der Waals surface area contributed by atoms with Crippen LogP contribution in [-0.2, 0) is 9.59 Å². The number of rotatable bonds is 5. The molecule has 0 saturated carbocycles. The van der Waals surface area contributed by atoms with Crippen molar-refractivity contribution in [2.45, 2.75) is 26.3 Å². The van der Waals surface area contributed by atoms with Crippen molar-refractivity contribution in [2.24, 2.45) is 0 Å². The molecule has 2 heterocycles. The Bertz CT molecular complexity index is 559. The molecule has 2 amide bonds. The molecule has 0 bridgehead atoms. The van der Waals surface area contributed by atoms with Crippen molar-refractivity contribution < 1.29 is 9.59 Å². The van der Waals surface area contributed by atoms with Crippen molar-refractivity contribution >= 4 is 29.7 Å². The molecular formula is C12H19N7O2. The molecular weight excluding hydrogens is 274 g/mol. The predicted octanol–water partition coefficient (Wildman–Crippen LogP) is -0.531. The molecule has 1 atom stereocenters. The van der Waals surface area contributed by atoms with Crippen LogP contribution in [0.2, 0.25) is 0 Å². The molecule has 114 valence electrons. The zero-order valence-corrected chi connectivity index (χ0v) is 12.3. The van der Waals surface area contributed by atoms with Gasteiger partial charge in [0, 0.05) is 20.1 Å². The summed E-state index contributed by atoms with van der Waals surface area (Å²) in [6.07, 6.45) is 0.0848. The Morgan fingerprint density at radius 2 is 1.95 bits per heavy atom. The number of carbonyl (C=O) groups is 2. The minimum atomic E-state index is -0.658. The van der Waals surface area contributed by atoms with E-state index in [-0.39, 0.29) is 30.1 Å². The summed E-state index contributed by atoms with van der Waals surface area (Å²) in [7, 11) is 1.45. The monoisotopic (exact) mass is 293 g/mol. The van der Waals surface area contributed by atoms with E-state index in [0.717, 1.165) is 18.0 Å². The first-order valence-electron chi connectivity index (χ1n) is 6.79. The average Bonchev–Trinajstić information content (AvgIpc) is 2.67. The fourth-order valence-corrected chi connectivity index (χ4v) is 2.12. The van der Waals surface area contributed by atoms with Gasteiger partial charge < -0.3 is 16.0 Å². The molecule has 21 heavy (non-hydrogen) atoms. The molecule has 1 saturated heterocycles. The molecule has 2 rings (SSSR count). The molecule has 0 aromatic carbocycles. The highest BCUT2D eigenvalue weighted by atomic mass is 16.2. The number of aromatic nitrogens is 3. The third kappa shape index (κ3) is 3.01. The lowest BCUT2D eigenvalue weighted by atomic mass is 10.2. The van der Waals surface area contributed by atoms with Crippen LogP contribution in [0, 0.1) is 0 Å². The molecule has 1 fully saturated rings. The largest absolute Gasteiger partial charge is 0.368 e. The zero-order chi connectivity index (χ0) is 15.6. The van der Waals surface area contributed by atoms with Crippen LogP contribution in [0.5, 0.6) is 0 Å². The van der Waals surface area contributed by atoms with Crippen LogP contribution in [0.4, 0.5) is 17.8 Å². The van der Waals surface area contributed by atoms with Crippen molar-refractivity contribution in [3.05, 3.63) is 0 Å². The van der Waals surface area contributed by atoms with Gasteiger partial charge in [0.1, 0.15) is 6.04 Å². The van der Waals surface area contributed by atoms with Crippen LogP contribution < -0.4 is 16.0 Å². The molecule has 3 N–H and O–H groups in total. The molecule has 1 aliphatic rings. The highest BCUT2D eigenvalue weighted by Crippen LogP contribution is 2.17. The van der Waals surface area contributed by atoms with Gasteiger partial charge in [-0.15, -0.1) is 0 Å². The van der Waals surface area contributed by atoms with Gasteiger partial charge in [-0.1, -0.05) is 0 Å². The summed E-state index contributed by atoms with van der Waals surface area (Å²) in [5, 5.41) is 2.85. The van der Waals surface area contributed by atoms with Gasteiger partial charge in [0.2, 0.25) is 23.8 Å². The first kappa shape index (κ1) is 14.9. The van der Waals surface area contributed by atoms with E-state index >= 15 is 0 Å². The van der Waals surface area contributed by atoms with E-state index in [4.69, 9.17) is 5.73 Å². The molecule has 9 heteroatoms. The number of nitrogens with two attached hydrogens (primary N) is 1. The molecule has 9 nitrogen and oxygen atoms in total. The Balaban J connectivity index is 2.21. The van der Waals surface area contributed by atoms with E-state index in [1.165, 1.54) is 7.05 Å². The van der Waals surface area contributed by atoms with E-state index in [9.17, 15) is 9.59 Å². The number of hydrogen-bond donors (Lipinski definition) is 2. The van der Waals surface area contributed by atoms with Crippen molar-refractivity contribution in [1.82, 2.24) is 19.9 Å². The number of amides is 2. The van der Waals surface area contributed by atoms with Gasteiger partial charge in [-0.2, -0.15) is 15.0 Å². The highest BCUT2D eigenvalue weighted by molar-refractivity contribution is 6.06. The third-order valence-electron chi connectivity index (χ3n) is 3.37. The summed E-state index contributed by atoms with van der Waals surface area (Å²) in [4.78, 5) is 38.7. The van der Waals surface area contributed by atoms with E-state index in [1.807, 2.05) is 18.7 Å². The molecule has 0 spiro atoms. The Kier molecular flexibility index (Phi) is 4.20. The number of nitrogens with one attached hydrogen (secondary N) is 1. The normalized spacial score (nSPS) is 18.2. The van der Waals surface area contributed by atoms with E-state index in [2.05, 4.69) is 20.3 Å². The Labute approximate surface area is 122 Å². The fourth-order valence-electron chi connectivity index (χ4n) is 2.12. The third-order valence-corrected chi connectivity index (χ3v) is 3.37. The van der Waals surface area contributed by atoms with E-state index < -0.39 is 6.04 Å². The standard InChI is InChI=1S/C12H19N7O2/c1-4-19(5-2)12-16-10(13)15-11(17-12)14-7-6-8(20)18(3)9(7)21/h7H,4-6H2,1-3H3,(H3,13,14,15,16,17). The maximum Gasteiger partial charge on any atom is 0.252 e. The summed E-state index contributed by atoms with van der Waals surface area (Å²) < 4.78 is 0. The lowest BCUT2D eigenvalue weighted by Gasteiger charge is -2.19. The highest BCUT2D eigenvalue weighted by Gasteiger charge is 2.36. The second kappa shape index (κ2) is 5.90. The summed E-state index contributed by atoms with van der Waals surface area (Å²) >= 11 is 0. The van der Waals surface area contributed by atoms with Crippen molar-refractivity contribution in [3.63, 3.8) is 0 Å². The van der Waals surface area contributed by atoms with Crippen molar-refractivity contribution in [1.29, 1.82) is 0 Å². The van der Waals surface area contributed by atoms with Gasteiger partial charge in [0.25, 0.3) is 5.91 Å². The van der Waals surface area contributed by atoms with Crippen LogP contribution >= 0.6 is 0 Å². The molecule has 1 aliphatic heterocycles. The van der Waals surface area contributed by atoms with Crippen molar-refractivity contribution in [3.8, 4) is 0 Å². The van der Waals surface area contributed by atoms with E-state index in [1.54, 1.807) is 0 Å². The average molecular weight is 293 g/mol. The Morgan fingerprint density at radius 1 is 1.29 bits per heavy atom. The first-order chi connectivity index (χ1) is 9.96. The summed E-state index contributed by atoms with van der Waals surface area (Å²) in [5.41, 5.74) is 5.68. The van der Waals surface area contributed by atoms with Gasteiger partial charge in [0.15, 0.2) is 0 Å². The number of nitrogen functional groups attached to an aromatic ring is 1. The van der Waals surface area contributed by atoms with Crippen LogP contribution in [0.15, 0.2) is 0 Å². The minimum Gasteiger partial charge on any atom is -0.368 e. The smallest absolute Gasteiger partial charge is 0.252 e. The SMILES string of the molecule is CCN(CC)c1nc(N)nc(NC2CC(=O)N(C)C2=O)n1. The summed E-state index contributed by atoms with van der Waals surface area (Å²) in [6, 6.07) is -0.658. The molecule has 0 radical (unpaired) electrons. The predicted molar refractivity (Wildman–Crippen MR) is 77.6 cm³/mol. The Hall–Kier alpha value is -2.45. The Morgan fingerprint density at radius 3 is 2.48 bits per heavy atom. The van der Waals surface area contributed by atoms with Crippen LogP contribution in [0.1, 0.15) is 20.3 Å². The van der Waals surface area contributed by atoms with Gasteiger partial charge in [-0.25, -0.2) is 0 Å². The van der Waals surface area contributed by atoms with E-state index in [0.29, 0.717) is 5.95 Å². The number of hydrogen-bond acceptors (Lipinski definition) is 8.